The van der Waals surface area contributed by atoms with Gasteiger partial charge in [0.1, 0.15) is 39.4 Å². The number of amides is 4. The number of likely N-dealkylation sites (tertiary alicyclic amines) is 1. The van der Waals surface area contributed by atoms with Gasteiger partial charge in [0.05, 0.1) is 63.9 Å². The van der Waals surface area contributed by atoms with Crippen LogP contribution in [0.5, 0.6) is 5.75 Å². The summed E-state index contributed by atoms with van der Waals surface area (Å²) < 4.78 is 24.6. The fraction of sp³-hybridized carbons (Fsp3) is 0.509. The quantitative estimate of drug-likeness (QED) is 0.0340. The number of aromatic nitrogens is 4. The van der Waals surface area contributed by atoms with Crippen molar-refractivity contribution < 1.29 is 42.9 Å². The van der Waals surface area contributed by atoms with Gasteiger partial charge in [0.15, 0.2) is 12.4 Å². The highest BCUT2D eigenvalue weighted by molar-refractivity contribution is 7.15. The maximum atomic E-state index is 14.2. The van der Waals surface area contributed by atoms with Gasteiger partial charge in [-0.25, -0.2) is 4.98 Å². The summed E-state index contributed by atoms with van der Waals surface area (Å²) in [7, 11) is 1.72. The second kappa shape index (κ2) is 27.6. The lowest BCUT2D eigenvalue weighted by Gasteiger charge is -2.35. The van der Waals surface area contributed by atoms with Crippen LogP contribution in [0.3, 0.4) is 0 Å². The average Bonchev–Trinajstić information content (AvgIpc) is 4.28. The van der Waals surface area contributed by atoms with Gasteiger partial charge in [-0.2, -0.15) is 0 Å². The summed E-state index contributed by atoms with van der Waals surface area (Å²) >= 11 is 9.25. The third kappa shape index (κ3) is 14.6. The molecule has 1 aliphatic carbocycles. The van der Waals surface area contributed by atoms with Crippen LogP contribution in [0.15, 0.2) is 58.9 Å². The minimum Gasteiger partial charge on any atom is -0.484 e. The number of thiophene rings is 1. The third-order valence-electron chi connectivity index (χ3n) is 14.2. The molecule has 1 saturated carbocycles. The molecule has 0 bridgehead atoms. The molecule has 2 aromatic carbocycles. The topological polar surface area (TPSA) is 230 Å². The third-order valence-corrected chi connectivity index (χ3v) is 16.6. The zero-order chi connectivity index (χ0) is 54.4. The Kier molecular flexibility index (Phi) is 20.5. The van der Waals surface area contributed by atoms with E-state index in [9.17, 15) is 24.0 Å². The van der Waals surface area contributed by atoms with Gasteiger partial charge in [-0.3, -0.25) is 33.5 Å². The number of aliphatic imine (C=N–C) groups is 1. The van der Waals surface area contributed by atoms with Crippen LogP contribution in [-0.2, 0) is 33.4 Å². The van der Waals surface area contributed by atoms with Crippen LogP contribution in [0.2, 0.25) is 5.02 Å². The molecule has 19 nitrogen and oxygen atoms in total. The van der Waals surface area contributed by atoms with E-state index in [4.69, 9.17) is 40.5 Å². The van der Waals surface area contributed by atoms with Gasteiger partial charge in [-0.1, -0.05) is 55.1 Å². The number of ether oxygens (including phenoxy) is 4. The Morgan fingerprint density at radius 2 is 1.55 bits per heavy atom. The van der Waals surface area contributed by atoms with Crippen LogP contribution < -0.4 is 26.0 Å². The molecule has 3 aliphatic rings. The van der Waals surface area contributed by atoms with E-state index in [-0.39, 0.29) is 73.2 Å². The molecule has 412 valence electrons. The summed E-state index contributed by atoms with van der Waals surface area (Å²) in [4.78, 5) is 79.6. The van der Waals surface area contributed by atoms with Gasteiger partial charge in [0.2, 0.25) is 23.5 Å². The Balaban J connectivity index is 0.691. The van der Waals surface area contributed by atoms with Crippen molar-refractivity contribution in [3.8, 4) is 10.8 Å². The molecule has 3 aromatic heterocycles. The van der Waals surface area contributed by atoms with Gasteiger partial charge < -0.3 is 45.1 Å². The van der Waals surface area contributed by atoms with Gasteiger partial charge in [0.25, 0.3) is 5.91 Å². The maximum Gasteiger partial charge on any atom is 0.258 e. The van der Waals surface area contributed by atoms with Crippen molar-refractivity contribution >= 4 is 69.4 Å². The summed E-state index contributed by atoms with van der Waals surface area (Å²) in [5, 5.41) is 24.6. The zero-order valence-electron chi connectivity index (χ0n) is 44.4. The molecule has 8 rings (SSSR count). The smallest absolute Gasteiger partial charge is 0.258 e. The van der Waals surface area contributed by atoms with E-state index in [1.54, 1.807) is 55.0 Å². The average molecular weight is 1110 g/mol. The summed E-state index contributed by atoms with van der Waals surface area (Å²) in [6.45, 7) is 10.6. The van der Waals surface area contributed by atoms with Crippen molar-refractivity contribution in [3.63, 3.8) is 0 Å². The summed E-state index contributed by atoms with van der Waals surface area (Å²) in [6.07, 6.45) is 6.59. The number of aryl methyl sites for hydroxylation is 2. The first kappa shape index (κ1) is 57.2. The Bertz CT molecular complexity index is 2880. The molecule has 5 heterocycles. The monoisotopic (exact) mass is 1110 g/mol. The fourth-order valence-electron chi connectivity index (χ4n) is 9.79. The van der Waals surface area contributed by atoms with E-state index in [0.717, 1.165) is 78.2 Å². The molecule has 5 aromatic rings. The van der Waals surface area contributed by atoms with Gasteiger partial charge in [-0.15, -0.1) is 32.9 Å². The number of fused-ring (bicyclic) bond motifs is 3. The Labute approximate surface area is 462 Å². The fourth-order valence-corrected chi connectivity index (χ4v) is 12.1. The van der Waals surface area contributed by atoms with E-state index in [0.29, 0.717) is 73.3 Å². The maximum absolute atomic E-state index is 14.2. The second-order valence-corrected chi connectivity index (χ2v) is 22.0. The number of likely N-dealkylation sites (N-methyl/N-ethyl adjacent to an activating group) is 1. The molecule has 4 amide bonds. The Morgan fingerprint density at radius 1 is 0.844 bits per heavy atom. The highest BCUT2D eigenvalue weighted by atomic mass is 35.5. The molecular formula is C55H69ClN10O9S2. The number of hydrogen-bond acceptors (Lipinski definition) is 16. The number of carbonyl (C=O) groups is 5. The summed E-state index contributed by atoms with van der Waals surface area (Å²) in [5.41, 5.74) is 4.44. The predicted molar refractivity (Wildman–Crippen MR) is 295 cm³/mol. The minimum absolute atomic E-state index is 0.0761. The first-order chi connectivity index (χ1) is 37.3. The van der Waals surface area contributed by atoms with Crippen LogP contribution in [0.1, 0.15) is 125 Å². The number of rotatable bonds is 26. The van der Waals surface area contributed by atoms with E-state index in [2.05, 4.69) is 45.3 Å². The molecule has 2 aliphatic heterocycles. The molecule has 77 heavy (non-hydrogen) atoms. The Hall–Kier alpha value is -5.94. The number of halogens is 1. The lowest BCUT2D eigenvalue weighted by molar-refractivity contribution is -0.139. The van der Waals surface area contributed by atoms with Crippen LogP contribution in [-0.4, -0.2) is 145 Å². The molecule has 4 N–H and O–H groups in total. The molecule has 4 atom stereocenters. The van der Waals surface area contributed by atoms with E-state index in [1.807, 2.05) is 40.7 Å². The van der Waals surface area contributed by atoms with E-state index in [1.165, 1.54) is 16.2 Å². The van der Waals surface area contributed by atoms with Gasteiger partial charge >= 0.3 is 0 Å². The van der Waals surface area contributed by atoms with E-state index >= 15 is 0 Å². The Morgan fingerprint density at radius 3 is 2.26 bits per heavy atom. The lowest BCUT2D eigenvalue weighted by Crippen LogP contribution is -2.55. The predicted octanol–water partition coefficient (Wildman–Crippen LogP) is 6.57. The van der Waals surface area contributed by atoms with Crippen molar-refractivity contribution in [2.45, 2.75) is 103 Å². The molecule has 0 unspecified atom stereocenters. The molecule has 2 fully saturated rings. The van der Waals surface area contributed by atoms with Crippen LogP contribution >= 0.6 is 34.3 Å². The van der Waals surface area contributed by atoms with Crippen molar-refractivity contribution in [2.24, 2.45) is 10.9 Å². The summed E-state index contributed by atoms with van der Waals surface area (Å²) in [5.74, 6) is 0.659. The molecule has 0 spiro atoms. The highest BCUT2D eigenvalue weighted by Gasteiger charge is 2.40. The number of carbonyl (C=O) groups excluding carboxylic acids is 5. The largest absolute Gasteiger partial charge is 0.484 e. The van der Waals surface area contributed by atoms with Crippen molar-refractivity contribution in [1.82, 2.24) is 45.9 Å². The normalized spacial score (nSPS) is 17.2. The molecular weight excluding hydrogens is 1040 g/mol. The van der Waals surface area contributed by atoms with Crippen LogP contribution in [0, 0.1) is 26.7 Å². The minimum atomic E-state index is -0.606. The van der Waals surface area contributed by atoms with Crippen molar-refractivity contribution in [3.05, 3.63) is 108 Å². The van der Waals surface area contributed by atoms with Crippen LogP contribution in [0.25, 0.3) is 5.00 Å². The van der Waals surface area contributed by atoms with Crippen LogP contribution in [0.4, 0.5) is 0 Å². The number of nitrogens with one attached hydrogen (secondary N) is 4. The first-order valence-electron chi connectivity index (χ1n) is 26.4. The SMILES string of the molecule is CN[C@@H](C)C(=O)N[C@H](C(=O)N1CCC[C@H]1c1nc(C(=O)c2cccc(OCC(=O)NCCOCCOCCOCCNC(=O)C[C@@H]3N=C(c4ccc(Cl)cc4)c4c(sc(C)c4C)-n4c(C)nnc43)c2)cs1)C1CCCCC1. The molecule has 0 radical (unpaired) electrons. The number of ketones is 1. The molecule has 1 saturated heterocycles. The number of nitrogens with zero attached hydrogens (tertiary/aromatic N) is 6. The first-order valence-corrected chi connectivity index (χ1v) is 28.5. The number of thiazole rings is 1. The van der Waals surface area contributed by atoms with Gasteiger partial charge in [0, 0.05) is 51.6 Å². The lowest BCUT2D eigenvalue weighted by atomic mass is 9.83. The second-order valence-electron chi connectivity index (χ2n) is 19.4. The van der Waals surface area contributed by atoms with E-state index < -0.39 is 18.1 Å². The zero-order valence-corrected chi connectivity index (χ0v) is 46.8. The number of hydrogen-bond donors (Lipinski definition) is 4. The van der Waals surface area contributed by atoms with Gasteiger partial charge in [-0.05, 0) is 96.2 Å². The highest BCUT2D eigenvalue weighted by Crippen LogP contribution is 2.40. The molecule has 22 heteroatoms. The summed E-state index contributed by atoms with van der Waals surface area (Å²) in [6, 6.07) is 12.3. The van der Waals surface area contributed by atoms with Crippen molar-refractivity contribution in [1.29, 1.82) is 0 Å². The number of benzene rings is 2. The van der Waals surface area contributed by atoms with Crippen molar-refractivity contribution in [2.75, 3.05) is 72.9 Å². The standard InChI is InChI=1S/C55H69ClN10O9S2/c1-33-35(3)77-55-47(33)48(38-16-18-40(56)19-17-38)60-42(51-64-63-36(4)66(51)55)30-45(67)58-20-23-72-25-27-74-28-26-73-24-21-59-46(68)31-75-41-14-9-13-39(29-41)50(69)43-32-76-53(61-43)44-15-10-22-65(44)54(71)49(37-11-7-6-8-12-37)62-52(70)34(2)57-5/h9,13-14,16-19,29,32,34,37,42,44,49,57H,6-8,10-12,15,20-28,30-31H2,1-5H3,(H,58,67)(H,59,68)(H,62,70)/t34-,42-,44-,49-/m0/s1.